The Morgan fingerprint density at radius 1 is 0.919 bits per heavy atom. The van der Waals surface area contributed by atoms with Crippen LogP contribution in [0.25, 0.3) is 5.76 Å². The van der Waals surface area contributed by atoms with E-state index in [0.717, 1.165) is 18.8 Å². The van der Waals surface area contributed by atoms with Gasteiger partial charge in [0, 0.05) is 30.0 Å². The Morgan fingerprint density at radius 2 is 1.59 bits per heavy atom. The quantitative estimate of drug-likeness (QED) is 0.235. The van der Waals surface area contributed by atoms with E-state index >= 15 is 0 Å². The fourth-order valence-corrected chi connectivity index (χ4v) is 4.67. The zero-order valence-electron chi connectivity index (χ0n) is 21.6. The molecule has 0 radical (unpaired) electrons. The third kappa shape index (κ3) is 5.03. The maximum atomic E-state index is 13.4. The first-order chi connectivity index (χ1) is 17.9. The summed E-state index contributed by atoms with van der Waals surface area (Å²) in [6.45, 7) is 8.21. The second-order valence-electron chi connectivity index (χ2n) is 8.59. The number of ketones is 1. The lowest BCUT2D eigenvalue weighted by Crippen LogP contribution is -2.29. The highest BCUT2D eigenvalue weighted by atomic mass is 16.5. The minimum absolute atomic E-state index is 0.0247. The normalized spacial score (nSPS) is 16.6. The first kappa shape index (κ1) is 25.8. The molecule has 1 amide bonds. The van der Waals surface area contributed by atoms with Gasteiger partial charge in [-0.3, -0.25) is 14.5 Å². The molecule has 37 heavy (non-hydrogen) atoms. The highest BCUT2D eigenvalue weighted by molar-refractivity contribution is 6.51. The van der Waals surface area contributed by atoms with Crippen molar-refractivity contribution >= 4 is 28.8 Å². The molecular weight excluding hydrogens is 468 g/mol. The monoisotopic (exact) mass is 500 g/mol. The van der Waals surface area contributed by atoms with Crippen LogP contribution in [0.15, 0.2) is 78.4 Å². The predicted molar refractivity (Wildman–Crippen MR) is 145 cm³/mol. The summed E-state index contributed by atoms with van der Waals surface area (Å²) in [5.41, 5.74) is 2.70. The molecule has 0 saturated carbocycles. The highest BCUT2D eigenvalue weighted by Gasteiger charge is 2.47. The average molecular weight is 501 g/mol. The summed E-state index contributed by atoms with van der Waals surface area (Å²) >= 11 is 0. The molecule has 1 atom stereocenters. The summed E-state index contributed by atoms with van der Waals surface area (Å²) < 4.78 is 10.9. The van der Waals surface area contributed by atoms with Gasteiger partial charge < -0.3 is 19.5 Å². The first-order valence-corrected chi connectivity index (χ1v) is 12.5. The molecule has 1 N–H and O–H groups in total. The summed E-state index contributed by atoms with van der Waals surface area (Å²) in [4.78, 5) is 30.5. The second-order valence-corrected chi connectivity index (χ2v) is 8.59. The van der Waals surface area contributed by atoms with E-state index in [0.29, 0.717) is 34.9 Å². The van der Waals surface area contributed by atoms with Crippen LogP contribution in [0.3, 0.4) is 0 Å². The molecule has 7 heteroatoms. The van der Waals surface area contributed by atoms with Crippen molar-refractivity contribution in [2.75, 3.05) is 36.6 Å². The molecule has 0 bridgehead atoms. The number of nitrogens with zero attached hydrogens (tertiary/aromatic N) is 2. The molecule has 192 valence electrons. The Kier molecular flexibility index (Phi) is 7.82. The SMILES string of the molecule is CCOc1cccc(/C(O)=C2\C(=O)C(=O)N(c3ccc(N(CC)CC)cc3)C2c2ccc(OC)cc2)c1. The van der Waals surface area contributed by atoms with Crippen LogP contribution in [0, 0.1) is 0 Å². The van der Waals surface area contributed by atoms with Gasteiger partial charge in [-0.2, -0.15) is 0 Å². The molecule has 4 rings (SSSR count). The summed E-state index contributed by atoms with van der Waals surface area (Å²) in [7, 11) is 1.57. The Hall–Kier alpha value is -4.26. The van der Waals surface area contributed by atoms with Crippen LogP contribution in [0.2, 0.25) is 0 Å². The Balaban J connectivity index is 1.86. The number of carbonyl (C=O) groups excluding carboxylic acids is 2. The Labute approximate surface area is 217 Å². The van der Waals surface area contributed by atoms with Gasteiger partial charge in [-0.15, -0.1) is 0 Å². The average Bonchev–Trinajstić information content (AvgIpc) is 3.20. The number of benzene rings is 3. The zero-order chi connectivity index (χ0) is 26.5. The second kappa shape index (κ2) is 11.2. The number of Topliss-reactive ketones (excluding diaryl/α,β-unsaturated/α-hetero) is 1. The third-order valence-corrected chi connectivity index (χ3v) is 6.55. The van der Waals surface area contributed by atoms with Crippen LogP contribution < -0.4 is 19.3 Å². The van der Waals surface area contributed by atoms with Crippen LogP contribution in [-0.4, -0.2) is 43.6 Å². The maximum Gasteiger partial charge on any atom is 0.300 e. The van der Waals surface area contributed by atoms with Gasteiger partial charge >= 0.3 is 0 Å². The number of ether oxygens (including phenoxy) is 2. The van der Waals surface area contributed by atoms with Gasteiger partial charge in [-0.05, 0) is 74.9 Å². The van der Waals surface area contributed by atoms with Gasteiger partial charge in [0.05, 0.1) is 25.3 Å². The Bertz CT molecular complexity index is 1290. The summed E-state index contributed by atoms with van der Waals surface area (Å²) in [5, 5.41) is 11.4. The third-order valence-electron chi connectivity index (χ3n) is 6.55. The van der Waals surface area contributed by atoms with Gasteiger partial charge in [-0.25, -0.2) is 0 Å². The number of methoxy groups -OCH3 is 1. The summed E-state index contributed by atoms with van der Waals surface area (Å²) in [6.07, 6.45) is 0. The molecule has 1 aliphatic rings. The number of rotatable bonds is 9. The van der Waals surface area contributed by atoms with Crippen molar-refractivity contribution in [3.05, 3.63) is 89.5 Å². The number of hydrogen-bond acceptors (Lipinski definition) is 6. The van der Waals surface area contributed by atoms with Crippen molar-refractivity contribution in [1.82, 2.24) is 0 Å². The van der Waals surface area contributed by atoms with Gasteiger partial charge in [0.1, 0.15) is 17.3 Å². The molecule has 0 aliphatic carbocycles. The van der Waals surface area contributed by atoms with Crippen molar-refractivity contribution in [3.8, 4) is 11.5 Å². The van der Waals surface area contributed by atoms with E-state index in [-0.39, 0.29) is 11.3 Å². The lowest BCUT2D eigenvalue weighted by atomic mass is 9.95. The van der Waals surface area contributed by atoms with Gasteiger partial charge in [0.25, 0.3) is 11.7 Å². The van der Waals surface area contributed by atoms with Crippen LogP contribution >= 0.6 is 0 Å². The molecule has 1 fully saturated rings. The van der Waals surface area contributed by atoms with Crippen LogP contribution in [0.4, 0.5) is 11.4 Å². The molecular formula is C30H32N2O5. The molecule has 1 unspecified atom stereocenters. The molecule has 3 aromatic carbocycles. The number of carbonyl (C=O) groups is 2. The number of anilines is 2. The minimum atomic E-state index is -0.819. The molecule has 3 aromatic rings. The molecule has 1 aliphatic heterocycles. The van der Waals surface area contributed by atoms with Gasteiger partial charge in [0.15, 0.2) is 0 Å². The van der Waals surface area contributed by atoms with Crippen molar-refractivity contribution in [2.24, 2.45) is 0 Å². The van der Waals surface area contributed by atoms with E-state index in [2.05, 4.69) is 18.7 Å². The van der Waals surface area contributed by atoms with E-state index in [1.165, 1.54) is 4.90 Å². The van der Waals surface area contributed by atoms with E-state index < -0.39 is 17.7 Å². The molecule has 1 heterocycles. The van der Waals surface area contributed by atoms with Crippen molar-refractivity contribution in [2.45, 2.75) is 26.8 Å². The van der Waals surface area contributed by atoms with E-state index in [1.54, 1.807) is 55.6 Å². The molecule has 1 saturated heterocycles. The van der Waals surface area contributed by atoms with Gasteiger partial charge in [-0.1, -0.05) is 24.3 Å². The number of amides is 1. The minimum Gasteiger partial charge on any atom is -0.507 e. The van der Waals surface area contributed by atoms with Crippen molar-refractivity contribution < 1.29 is 24.2 Å². The molecule has 7 nitrogen and oxygen atoms in total. The fraction of sp³-hybridized carbons (Fsp3) is 0.267. The van der Waals surface area contributed by atoms with Gasteiger partial charge in [0.2, 0.25) is 0 Å². The van der Waals surface area contributed by atoms with E-state index in [1.807, 2.05) is 31.2 Å². The van der Waals surface area contributed by atoms with Crippen LogP contribution in [0.1, 0.15) is 37.9 Å². The van der Waals surface area contributed by atoms with Crippen LogP contribution in [0.5, 0.6) is 11.5 Å². The first-order valence-electron chi connectivity index (χ1n) is 12.5. The zero-order valence-corrected chi connectivity index (χ0v) is 21.6. The lowest BCUT2D eigenvalue weighted by molar-refractivity contribution is -0.132. The smallest absolute Gasteiger partial charge is 0.300 e. The van der Waals surface area contributed by atoms with Crippen LogP contribution in [-0.2, 0) is 9.59 Å². The topological polar surface area (TPSA) is 79.3 Å². The van der Waals surface area contributed by atoms with E-state index in [9.17, 15) is 14.7 Å². The summed E-state index contributed by atoms with van der Waals surface area (Å²) in [6, 6.07) is 20.8. The Morgan fingerprint density at radius 3 is 2.19 bits per heavy atom. The van der Waals surface area contributed by atoms with Crippen molar-refractivity contribution in [3.63, 3.8) is 0 Å². The number of aliphatic hydroxyl groups is 1. The highest BCUT2D eigenvalue weighted by Crippen LogP contribution is 2.43. The van der Waals surface area contributed by atoms with E-state index in [4.69, 9.17) is 9.47 Å². The molecule has 0 spiro atoms. The number of hydrogen-bond donors (Lipinski definition) is 1. The standard InChI is InChI=1S/C30H32N2O5/c1-5-31(6-2)22-13-15-23(16-14-22)32-27(20-11-17-24(36-4)18-12-20)26(29(34)30(32)35)28(33)21-9-8-10-25(19-21)37-7-3/h8-19,27,33H,5-7H2,1-4H3/b28-26+. The predicted octanol–water partition coefficient (Wildman–Crippen LogP) is 5.57. The molecule has 0 aromatic heterocycles. The number of aliphatic hydroxyl groups excluding tert-OH is 1. The lowest BCUT2D eigenvalue weighted by Gasteiger charge is -2.27. The summed E-state index contributed by atoms with van der Waals surface area (Å²) in [5.74, 6) is -0.475. The van der Waals surface area contributed by atoms with Crippen molar-refractivity contribution in [1.29, 1.82) is 0 Å². The fourth-order valence-electron chi connectivity index (χ4n) is 4.67. The maximum absolute atomic E-state index is 13.4. The largest absolute Gasteiger partial charge is 0.507 e.